The maximum absolute atomic E-state index is 14.8. The molecule has 1 fully saturated rings. The van der Waals surface area contributed by atoms with Gasteiger partial charge >= 0.3 is 0 Å². The van der Waals surface area contributed by atoms with E-state index < -0.39 is 25.2 Å². The van der Waals surface area contributed by atoms with Gasteiger partial charge in [0.2, 0.25) is 11.8 Å². The van der Waals surface area contributed by atoms with Gasteiger partial charge in [-0.1, -0.05) is 13.0 Å². The Morgan fingerprint density at radius 1 is 1.18 bits per heavy atom. The zero-order valence-corrected chi connectivity index (χ0v) is 29.3. The van der Waals surface area contributed by atoms with Gasteiger partial charge in [-0.3, -0.25) is 14.4 Å². The molecule has 4 atom stereocenters. The maximum atomic E-state index is 14.8. The molecule has 2 aromatic rings. The molecule has 44 heavy (non-hydrogen) atoms. The van der Waals surface area contributed by atoms with Crippen molar-refractivity contribution in [3.63, 3.8) is 0 Å². The molecule has 242 valence electrons. The predicted octanol–water partition coefficient (Wildman–Crippen LogP) is 3.39. The van der Waals surface area contributed by atoms with Crippen molar-refractivity contribution >= 4 is 63.7 Å². The van der Waals surface area contributed by atoms with Crippen LogP contribution in [0.1, 0.15) is 37.0 Å². The van der Waals surface area contributed by atoms with E-state index in [0.29, 0.717) is 42.5 Å². The van der Waals surface area contributed by atoms with Gasteiger partial charge in [0.25, 0.3) is 5.91 Å². The first-order valence-electron chi connectivity index (χ1n) is 14.1. The summed E-state index contributed by atoms with van der Waals surface area (Å²) in [7, 11) is 7.30. The number of hydrogen-bond acceptors (Lipinski definition) is 9. The highest BCUT2D eigenvalue weighted by atomic mass is 127. The van der Waals surface area contributed by atoms with Crippen LogP contribution in [0.4, 0.5) is 21.7 Å². The smallest absolute Gasteiger partial charge is 0.271 e. The zero-order chi connectivity index (χ0) is 32.9. The van der Waals surface area contributed by atoms with E-state index in [1.54, 1.807) is 31.0 Å². The van der Waals surface area contributed by atoms with Crippen LogP contribution < -0.4 is 25.5 Å². The number of anilines is 3. The molecule has 1 aromatic carbocycles. The summed E-state index contributed by atoms with van der Waals surface area (Å²) in [5, 5.41) is 6.09. The molecule has 0 saturated carbocycles. The van der Waals surface area contributed by atoms with Gasteiger partial charge in [0.15, 0.2) is 17.3 Å². The van der Waals surface area contributed by atoms with Crippen LogP contribution in [0.3, 0.4) is 0 Å². The summed E-state index contributed by atoms with van der Waals surface area (Å²) in [6.07, 6.45) is 3.76. The van der Waals surface area contributed by atoms with E-state index in [4.69, 9.17) is 9.92 Å². The SMILES string of the molecule is CCc1nc(C(N)=O)c(Nc2cc(F)cc(OS3(I)C(C)C3CNC(=O)C(C)N(C)C(=O)/C=C/CN(C)C)c2)nc1N(C)C. The third-order valence-corrected chi connectivity index (χ3v) is 15.0. The fraction of sp³-hybridized carbons (Fsp3) is 0.483. The van der Waals surface area contributed by atoms with Crippen LogP contribution in [0.25, 0.3) is 0 Å². The topological polar surface area (TPSA) is 146 Å². The molecule has 0 radical (unpaired) electrons. The van der Waals surface area contributed by atoms with Gasteiger partial charge in [0.05, 0.1) is 10.9 Å². The van der Waals surface area contributed by atoms with Gasteiger partial charge in [-0.15, -0.1) is 0 Å². The fourth-order valence-electron chi connectivity index (χ4n) is 4.35. The second-order valence-corrected chi connectivity index (χ2v) is 17.8. The molecule has 0 aliphatic carbocycles. The highest BCUT2D eigenvalue weighted by molar-refractivity contribution is 14.2. The average Bonchev–Trinajstić information content (AvgIpc) is 3.46. The Kier molecular flexibility index (Phi) is 11.8. The third-order valence-electron chi connectivity index (χ3n) is 7.18. The number of aryl methyl sites for hydroxylation is 1. The summed E-state index contributed by atoms with van der Waals surface area (Å²) in [6, 6.07) is 3.52. The normalized spacial score (nSPS) is 21.3. The van der Waals surface area contributed by atoms with Crippen molar-refractivity contribution in [2.45, 2.75) is 43.7 Å². The molecule has 2 heterocycles. The van der Waals surface area contributed by atoms with Crippen LogP contribution in [0, 0.1) is 5.82 Å². The van der Waals surface area contributed by atoms with Crippen molar-refractivity contribution in [3.8, 4) is 5.75 Å². The largest absolute Gasteiger partial charge is 0.439 e. The first-order chi connectivity index (χ1) is 20.6. The van der Waals surface area contributed by atoms with Crippen molar-refractivity contribution in [1.29, 1.82) is 0 Å². The standard InChI is InChI=1S/C29H42FIN8O4S/c1-9-22-28(38(6)7)36-27(25(35-22)26(32)41)34-20-13-19(30)14-21(15-20)43-44(31)18(3)23(44)16-33-29(42)17(2)39(8)24(40)11-10-12-37(4)5/h10-11,13-15,17-18,23H,9,12,16H2,1-8H3,(H2,32,41)(H,33,42)(H,34,36)/b11-10+. The molecule has 4 unspecified atom stereocenters. The summed E-state index contributed by atoms with van der Waals surface area (Å²) in [6.45, 7) is 6.58. The Morgan fingerprint density at radius 3 is 2.45 bits per heavy atom. The lowest BCUT2D eigenvalue weighted by molar-refractivity contribution is -0.135. The van der Waals surface area contributed by atoms with E-state index in [2.05, 4.69) is 41.8 Å². The first-order valence-corrected chi connectivity index (χ1v) is 18.3. The van der Waals surface area contributed by atoms with E-state index in [0.717, 1.165) is 0 Å². The minimum atomic E-state index is -1.72. The van der Waals surface area contributed by atoms with E-state index in [1.807, 2.05) is 46.9 Å². The summed E-state index contributed by atoms with van der Waals surface area (Å²) in [5.41, 5.74) is 6.45. The van der Waals surface area contributed by atoms with Gasteiger partial charge < -0.3 is 35.3 Å². The lowest BCUT2D eigenvalue weighted by atomic mass is 10.2. The minimum Gasteiger partial charge on any atom is -0.439 e. The number of aromatic nitrogens is 2. The summed E-state index contributed by atoms with van der Waals surface area (Å²) < 4.78 is 21.1. The van der Waals surface area contributed by atoms with Crippen LogP contribution >= 0.6 is 28.7 Å². The lowest BCUT2D eigenvalue weighted by Crippen LogP contribution is -2.46. The number of hydrogen-bond donors (Lipinski definition) is 3. The molecule has 1 aliphatic heterocycles. The molecule has 12 nitrogen and oxygen atoms in total. The van der Waals surface area contributed by atoms with Gasteiger partial charge in [0, 0.05) is 84.6 Å². The van der Waals surface area contributed by atoms with Crippen molar-refractivity contribution in [2.75, 3.05) is 58.5 Å². The number of halogens is 2. The quantitative estimate of drug-likeness (QED) is 0.151. The Bertz CT molecular complexity index is 1430. The number of primary amides is 1. The summed E-state index contributed by atoms with van der Waals surface area (Å²) >= 11 is 2.27. The molecule has 4 N–H and O–H groups in total. The van der Waals surface area contributed by atoms with E-state index in [1.165, 1.54) is 23.1 Å². The van der Waals surface area contributed by atoms with Gasteiger partial charge in [-0.2, -0.15) is 0 Å². The molecule has 15 heteroatoms. The van der Waals surface area contributed by atoms with E-state index in [9.17, 15) is 18.8 Å². The van der Waals surface area contributed by atoms with Crippen LogP contribution in [0.5, 0.6) is 5.75 Å². The molecule has 3 amide bonds. The van der Waals surface area contributed by atoms with Crippen LogP contribution in [-0.4, -0.2) is 102 Å². The Morgan fingerprint density at radius 2 is 1.86 bits per heavy atom. The molecule has 1 aliphatic rings. The van der Waals surface area contributed by atoms with Crippen molar-refractivity contribution in [2.24, 2.45) is 5.73 Å². The maximum Gasteiger partial charge on any atom is 0.271 e. The molecule has 3 rings (SSSR count). The van der Waals surface area contributed by atoms with Gasteiger partial charge in [-0.05, 0) is 47.9 Å². The molecule has 1 aromatic heterocycles. The number of nitrogens with two attached hydrogens (primary N) is 1. The molecule has 0 bridgehead atoms. The number of carbonyl (C=O) groups excluding carboxylic acids is 3. The van der Waals surface area contributed by atoms with Crippen molar-refractivity contribution < 1.29 is 23.0 Å². The van der Waals surface area contributed by atoms with Crippen LogP contribution in [0.2, 0.25) is 0 Å². The number of carbonyl (C=O) groups is 3. The van der Waals surface area contributed by atoms with Crippen LogP contribution in [-0.2, 0) is 16.0 Å². The summed E-state index contributed by atoms with van der Waals surface area (Å²) in [4.78, 5) is 51.5. The number of nitrogens with one attached hydrogen (secondary N) is 2. The second kappa shape index (κ2) is 14.7. The number of nitrogens with zero attached hydrogens (tertiary/aromatic N) is 5. The zero-order valence-electron chi connectivity index (χ0n) is 26.4. The van der Waals surface area contributed by atoms with E-state index in [-0.39, 0.29) is 33.8 Å². The Hall–Kier alpha value is -3.18. The first kappa shape index (κ1) is 35.3. The monoisotopic (exact) mass is 744 g/mol. The number of rotatable bonds is 14. The fourth-order valence-corrected chi connectivity index (χ4v) is 10.3. The summed E-state index contributed by atoms with van der Waals surface area (Å²) in [5.74, 6) is -0.860. The number of likely N-dealkylation sites (N-methyl/N-ethyl adjacent to an activating group) is 2. The van der Waals surface area contributed by atoms with Crippen molar-refractivity contribution in [3.05, 3.63) is 47.6 Å². The average molecular weight is 745 g/mol. The molecular formula is C29H42FIN8O4S. The molecule has 0 spiro atoms. The molecular weight excluding hydrogens is 702 g/mol. The number of benzene rings is 1. The predicted molar refractivity (Wildman–Crippen MR) is 182 cm³/mol. The minimum absolute atomic E-state index is 0.0245. The Labute approximate surface area is 272 Å². The third kappa shape index (κ3) is 8.50. The molecule has 1 saturated heterocycles. The second-order valence-electron chi connectivity index (χ2n) is 11.0. The van der Waals surface area contributed by atoms with E-state index >= 15 is 0 Å². The van der Waals surface area contributed by atoms with Crippen molar-refractivity contribution in [1.82, 2.24) is 25.1 Å². The Balaban J connectivity index is 1.69. The highest BCUT2D eigenvalue weighted by Gasteiger charge is 2.59. The van der Waals surface area contributed by atoms with Gasteiger partial charge in [0.1, 0.15) is 17.6 Å². The van der Waals surface area contributed by atoms with Gasteiger partial charge in [-0.25, -0.2) is 14.4 Å². The number of amides is 3. The highest BCUT2D eigenvalue weighted by Crippen LogP contribution is 2.80. The lowest BCUT2D eigenvalue weighted by Gasteiger charge is -2.23. The van der Waals surface area contributed by atoms with Crippen LogP contribution in [0.15, 0.2) is 30.4 Å².